The number of nitrogens with zero attached hydrogens (tertiary/aromatic N) is 3. The monoisotopic (exact) mass is 379 g/mol. The van der Waals surface area contributed by atoms with Gasteiger partial charge in [-0.15, -0.1) is 0 Å². The molecule has 146 valence electrons. The zero-order valence-corrected chi connectivity index (χ0v) is 16.2. The number of benzene rings is 1. The van der Waals surface area contributed by atoms with Gasteiger partial charge in [0.25, 0.3) is 5.91 Å². The summed E-state index contributed by atoms with van der Waals surface area (Å²) in [7, 11) is 0. The van der Waals surface area contributed by atoms with Crippen LogP contribution in [0, 0.1) is 6.92 Å². The number of amides is 1. The van der Waals surface area contributed by atoms with Crippen LogP contribution in [0.25, 0.3) is 22.3 Å². The average molecular weight is 379 g/mol. The third-order valence-corrected chi connectivity index (χ3v) is 5.28. The molecule has 0 spiro atoms. The summed E-state index contributed by atoms with van der Waals surface area (Å²) in [5, 5.41) is 21.1. The Morgan fingerprint density at radius 2 is 2.11 bits per heavy atom. The van der Waals surface area contributed by atoms with E-state index in [0.29, 0.717) is 36.0 Å². The van der Waals surface area contributed by atoms with Gasteiger partial charge in [0.05, 0.1) is 16.6 Å². The number of piperazine rings is 1. The molecular weight excluding hydrogens is 354 g/mol. The van der Waals surface area contributed by atoms with Crippen LogP contribution in [-0.4, -0.2) is 56.8 Å². The molecule has 1 aromatic carbocycles. The fourth-order valence-electron chi connectivity index (χ4n) is 3.85. The summed E-state index contributed by atoms with van der Waals surface area (Å²) in [4.78, 5) is 20.0. The van der Waals surface area contributed by atoms with Gasteiger partial charge in [-0.1, -0.05) is 13.3 Å². The Morgan fingerprint density at radius 1 is 1.32 bits per heavy atom. The Morgan fingerprint density at radius 3 is 2.86 bits per heavy atom. The quantitative estimate of drug-likeness (QED) is 0.648. The molecule has 3 heterocycles. The maximum atomic E-state index is 13.4. The lowest BCUT2D eigenvalue weighted by atomic mass is 10.0. The molecule has 1 atom stereocenters. The second kappa shape index (κ2) is 7.59. The molecule has 0 saturated carbocycles. The van der Waals surface area contributed by atoms with Gasteiger partial charge in [-0.2, -0.15) is 5.10 Å². The molecule has 28 heavy (non-hydrogen) atoms. The number of rotatable bonds is 4. The van der Waals surface area contributed by atoms with E-state index in [4.69, 9.17) is 0 Å². The second-order valence-electron chi connectivity index (χ2n) is 7.34. The Bertz CT molecular complexity index is 994. The first kappa shape index (κ1) is 18.4. The number of H-pyrrole nitrogens is 1. The topological polar surface area (TPSA) is 94.1 Å². The minimum atomic E-state index is 0.0135. The fraction of sp³-hybridized carbons (Fsp3) is 0.381. The predicted molar refractivity (Wildman–Crippen MR) is 108 cm³/mol. The highest BCUT2D eigenvalue weighted by Crippen LogP contribution is 2.28. The fourth-order valence-corrected chi connectivity index (χ4v) is 3.85. The zero-order chi connectivity index (χ0) is 19.7. The van der Waals surface area contributed by atoms with Gasteiger partial charge in [-0.05, 0) is 43.7 Å². The number of hydrogen-bond donors (Lipinski definition) is 3. The Kier molecular flexibility index (Phi) is 5.00. The molecule has 3 aromatic rings. The molecule has 0 aliphatic carbocycles. The normalized spacial score (nSPS) is 17.2. The third-order valence-electron chi connectivity index (χ3n) is 5.28. The zero-order valence-electron chi connectivity index (χ0n) is 16.2. The van der Waals surface area contributed by atoms with E-state index in [-0.39, 0.29) is 11.7 Å². The highest BCUT2D eigenvalue weighted by Gasteiger charge is 2.26. The van der Waals surface area contributed by atoms with Gasteiger partial charge >= 0.3 is 0 Å². The van der Waals surface area contributed by atoms with Gasteiger partial charge in [0.15, 0.2) is 5.65 Å². The Hall–Kier alpha value is -2.93. The van der Waals surface area contributed by atoms with Gasteiger partial charge in [0, 0.05) is 36.9 Å². The maximum Gasteiger partial charge on any atom is 0.254 e. The highest BCUT2D eigenvalue weighted by atomic mass is 16.3. The molecule has 7 nitrogen and oxygen atoms in total. The number of phenols is 1. The van der Waals surface area contributed by atoms with E-state index in [1.165, 1.54) is 0 Å². The molecule has 0 radical (unpaired) electrons. The molecule has 1 fully saturated rings. The van der Waals surface area contributed by atoms with Crippen molar-refractivity contribution in [2.45, 2.75) is 32.7 Å². The molecule has 0 unspecified atom stereocenters. The highest BCUT2D eigenvalue weighted by molar-refractivity contribution is 6.07. The number of hydrogen-bond acceptors (Lipinski definition) is 5. The standard InChI is InChI=1S/C21H25N5O2/c1-3-4-15-12-26(10-9-22-15)21(28)17-11-18(14-5-7-16(27)8-6-14)23-20-19(17)13(2)24-25-20/h5-8,11,15,22,27H,3-4,9-10,12H2,1-2H3,(H,23,24,25)/t15-/m0/s1. The number of carbonyl (C=O) groups is 1. The smallest absolute Gasteiger partial charge is 0.254 e. The second-order valence-corrected chi connectivity index (χ2v) is 7.34. The van der Waals surface area contributed by atoms with Crippen molar-refractivity contribution in [1.82, 2.24) is 25.4 Å². The molecule has 1 amide bonds. The first-order valence-corrected chi connectivity index (χ1v) is 9.74. The first-order chi connectivity index (χ1) is 13.6. The lowest BCUT2D eigenvalue weighted by Gasteiger charge is -2.34. The average Bonchev–Trinajstić information content (AvgIpc) is 3.09. The van der Waals surface area contributed by atoms with E-state index in [1.54, 1.807) is 24.3 Å². The summed E-state index contributed by atoms with van der Waals surface area (Å²) >= 11 is 0. The van der Waals surface area contributed by atoms with Crippen molar-refractivity contribution in [2.75, 3.05) is 19.6 Å². The van der Waals surface area contributed by atoms with Crippen LogP contribution in [0.5, 0.6) is 5.75 Å². The van der Waals surface area contributed by atoms with Crippen molar-refractivity contribution in [2.24, 2.45) is 0 Å². The number of aromatic hydroxyl groups is 1. The van der Waals surface area contributed by atoms with E-state index in [1.807, 2.05) is 17.9 Å². The van der Waals surface area contributed by atoms with E-state index >= 15 is 0 Å². The minimum Gasteiger partial charge on any atom is -0.508 e. The van der Waals surface area contributed by atoms with E-state index < -0.39 is 0 Å². The Balaban J connectivity index is 1.75. The molecule has 2 aromatic heterocycles. The summed E-state index contributed by atoms with van der Waals surface area (Å²) < 4.78 is 0. The number of fused-ring (bicyclic) bond motifs is 1. The molecule has 1 aliphatic heterocycles. The van der Waals surface area contributed by atoms with Crippen LogP contribution in [-0.2, 0) is 0 Å². The number of pyridine rings is 1. The van der Waals surface area contributed by atoms with Gasteiger partial charge in [0.2, 0.25) is 0 Å². The van der Waals surface area contributed by atoms with E-state index in [0.717, 1.165) is 36.0 Å². The SMILES string of the molecule is CCC[C@H]1CN(C(=O)c2cc(-c3ccc(O)cc3)nc3n[nH]c(C)c23)CCN1. The van der Waals surface area contributed by atoms with Crippen LogP contribution in [0.15, 0.2) is 30.3 Å². The lowest BCUT2D eigenvalue weighted by molar-refractivity contribution is 0.0701. The van der Waals surface area contributed by atoms with Crippen LogP contribution >= 0.6 is 0 Å². The molecule has 3 N–H and O–H groups in total. The lowest BCUT2D eigenvalue weighted by Crippen LogP contribution is -2.52. The number of nitrogens with one attached hydrogen (secondary N) is 2. The van der Waals surface area contributed by atoms with Crippen molar-refractivity contribution in [1.29, 1.82) is 0 Å². The maximum absolute atomic E-state index is 13.4. The van der Waals surface area contributed by atoms with E-state index in [9.17, 15) is 9.90 Å². The van der Waals surface area contributed by atoms with Crippen molar-refractivity contribution in [3.05, 3.63) is 41.6 Å². The molecule has 0 bridgehead atoms. The summed E-state index contributed by atoms with van der Waals surface area (Å²) in [5.74, 6) is 0.207. The summed E-state index contributed by atoms with van der Waals surface area (Å²) in [6, 6.07) is 8.99. The van der Waals surface area contributed by atoms with Crippen molar-refractivity contribution in [3.8, 4) is 17.0 Å². The van der Waals surface area contributed by atoms with Crippen LogP contribution in [0.1, 0.15) is 35.8 Å². The largest absolute Gasteiger partial charge is 0.508 e. The summed E-state index contributed by atoms with van der Waals surface area (Å²) in [5.41, 5.74) is 3.49. The Labute approximate surface area is 163 Å². The van der Waals surface area contributed by atoms with Crippen LogP contribution < -0.4 is 5.32 Å². The van der Waals surface area contributed by atoms with Gasteiger partial charge in [-0.3, -0.25) is 9.89 Å². The number of aromatic amines is 1. The molecular formula is C21H25N5O2. The molecule has 1 aliphatic rings. The molecule has 4 rings (SSSR count). The minimum absolute atomic E-state index is 0.0135. The van der Waals surface area contributed by atoms with Crippen molar-refractivity contribution < 1.29 is 9.90 Å². The predicted octanol–water partition coefficient (Wildman–Crippen LogP) is 2.85. The van der Waals surface area contributed by atoms with E-state index in [2.05, 4.69) is 27.4 Å². The summed E-state index contributed by atoms with van der Waals surface area (Å²) in [6.45, 7) is 6.27. The molecule has 7 heteroatoms. The van der Waals surface area contributed by atoms with Gasteiger partial charge < -0.3 is 15.3 Å². The van der Waals surface area contributed by atoms with Gasteiger partial charge in [0.1, 0.15) is 5.75 Å². The number of aromatic nitrogens is 3. The first-order valence-electron chi connectivity index (χ1n) is 9.74. The van der Waals surface area contributed by atoms with Gasteiger partial charge in [-0.25, -0.2) is 4.98 Å². The number of aryl methyl sites for hydroxylation is 1. The van der Waals surface area contributed by atoms with Crippen molar-refractivity contribution in [3.63, 3.8) is 0 Å². The van der Waals surface area contributed by atoms with Crippen molar-refractivity contribution >= 4 is 16.9 Å². The van der Waals surface area contributed by atoms with Crippen LogP contribution in [0.4, 0.5) is 0 Å². The molecule has 1 saturated heterocycles. The van der Waals surface area contributed by atoms with Crippen LogP contribution in [0.2, 0.25) is 0 Å². The summed E-state index contributed by atoms with van der Waals surface area (Å²) in [6.07, 6.45) is 2.14. The third kappa shape index (κ3) is 3.45. The number of carbonyl (C=O) groups excluding carboxylic acids is 1. The van der Waals surface area contributed by atoms with Crippen LogP contribution in [0.3, 0.4) is 0 Å². The number of phenolic OH excluding ortho intramolecular Hbond substituents is 1.